The van der Waals surface area contributed by atoms with E-state index in [0.29, 0.717) is 0 Å². The molecule has 1 N–H and O–H groups in total. The summed E-state index contributed by atoms with van der Waals surface area (Å²) >= 11 is 0. The summed E-state index contributed by atoms with van der Waals surface area (Å²) < 4.78 is 0. The van der Waals surface area contributed by atoms with E-state index in [1.807, 2.05) is 24.3 Å². The van der Waals surface area contributed by atoms with Gasteiger partial charge < -0.3 is 5.32 Å². The van der Waals surface area contributed by atoms with Gasteiger partial charge in [-0.15, -0.1) is 0 Å². The van der Waals surface area contributed by atoms with Crippen molar-refractivity contribution in [2.45, 2.75) is 25.8 Å². The third-order valence-electron chi connectivity index (χ3n) is 2.73. The second-order valence-corrected chi connectivity index (χ2v) is 4.34. The minimum atomic E-state index is 0.731. The minimum absolute atomic E-state index is 0.731. The average molecular weight is 212 g/mol. The van der Waals surface area contributed by atoms with Crippen molar-refractivity contribution in [1.29, 1.82) is 5.26 Å². The van der Waals surface area contributed by atoms with Crippen LogP contribution in [0.1, 0.15) is 30.9 Å². The van der Waals surface area contributed by atoms with Crippen LogP contribution in [0, 0.1) is 11.3 Å². The lowest BCUT2D eigenvalue weighted by molar-refractivity contribution is 0.736. The van der Waals surface area contributed by atoms with Gasteiger partial charge in [0.1, 0.15) is 0 Å². The number of nitriles is 1. The van der Waals surface area contributed by atoms with E-state index in [0.717, 1.165) is 23.7 Å². The van der Waals surface area contributed by atoms with Crippen LogP contribution in [0.5, 0.6) is 0 Å². The first kappa shape index (κ1) is 10.9. The number of hydrogen-bond donors (Lipinski definition) is 1. The second-order valence-electron chi connectivity index (χ2n) is 4.34. The smallest absolute Gasteiger partial charge is 0.0997 e. The van der Waals surface area contributed by atoms with Crippen LogP contribution < -0.4 is 5.32 Å². The zero-order valence-corrected chi connectivity index (χ0v) is 9.53. The van der Waals surface area contributed by atoms with Gasteiger partial charge in [0.05, 0.1) is 11.6 Å². The quantitative estimate of drug-likeness (QED) is 0.833. The molecule has 1 aliphatic rings. The Bertz CT molecular complexity index is 436. The zero-order chi connectivity index (χ0) is 11.4. The first-order valence-corrected chi connectivity index (χ1v) is 5.69. The van der Waals surface area contributed by atoms with Gasteiger partial charge in [-0.3, -0.25) is 0 Å². The topological polar surface area (TPSA) is 35.8 Å². The highest BCUT2D eigenvalue weighted by Gasteiger charge is 2.19. The molecule has 2 nitrogen and oxygen atoms in total. The minimum Gasteiger partial charge on any atom is -0.310 e. The molecule has 1 fully saturated rings. The molecule has 1 aromatic carbocycles. The number of nitrogens with zero attached hydrogens (tertiary/aromatic N) is 1. The molecule has 82 valence electrons. The van der Waals surface area contributed by atoms with E-state index in [9.17, 15) is 0 Å². The lowest BCUT2D eigenvalue weighted by Gasteiger charge is -2.04. The van der Waals surface area contributed by atoms with E-state index in [1.165, 1.54) is 18.4 Å². The van der Waals surface area contributed by atoms with Gasteiger partial charge in [-0.2, -0.15) is 5.26 Å². The molecule has 0 saturated heterocycles. The highest BCUT2D eigenvalue weighted by atomic mass is 14.9. The molecule has 1 aromatic rings. The van der Waals surface area contributed by atoms with Crippen LogP contribution in [0.2, 0.25) is 0 Å². The van der Waals surface area contributed by atoms with Crippen molar-refractivity contribution in [2.24, 2.45) is 0 Å². The summed E-state index contributed by atoms with van der Waals surface area (Å²) in [6.45, 7) is 3.02. The predicted octanol–water partition coefficient (Wildman–Crippen LogP) is 2.71. The summed E-state index contributed by atoms with van der Waals surface area (Å²) in [6, 6.07) is 10.6. The van der Waals surface area contributed by atoms with E-state index in [1.54, 1.807) is 0 Å². The van der Waals surface area contributed by atoms with Crippen LogP contribution in [0.4, 0.5) is 0 Å². The van der Waals surface area contributed by atoms with Crippen molar-refractivity contribution in [1.82, 2.24) is 5.32 Å². The molecule has 2 heteroatoms. The summed E-state index contributed by atoms with van der Waals surface area (Å²) in [5.41, 5.74) is 3.03. The molecule has 0 radical (unpaired) electrons. The van der Waals surface area contributed by atoms with E-state index in [2.05, 4.69) is 24.4 Å². The van der Waals surface area contributed by atoms with Crippen molar-refractivity contribution in [3.8, 4) is 6.07 Å². The van der Waals surface area contributed by atoms with Gasteiger partial charge in [-0.05, 0) is 31.4 Å². The summed E-state index contributed by atoms with van der Waals surface area (Å²) in [7, 11) is 0. The first-order chi connectivity index (χ1) is 7.79. The Morgan fingerprint density at radius 2 is 2.25 bits per heavy atom. The third kappa shape index (κ3) is 2.95. The van der Waals surface area contributed by atoms with Crippen molar-refractivity contribution < 1.29 is 0 Å². The Morgan fingerprint density at radius 1 is 1.50 bits per heavy atom. The molecule has 0 spiro atoms. The first-order valence-electron chi connectivity index (χ1n) is 5.69. The summed E-state index contributed by atoms with van der Waals surface area (Å²) in [5, 5.41) is 12.4. The molecule has 0 unspecified atom stereocenters. The maximum absolute atomic E-state index is 8.96. The number of nitrogens with one attached hydrogen (secondary N) is 1. The van der Waals surface area contributed by atoms with Crippen LogP contribution >= 0.6 is 0 Å². The fourth-order valence-electron chi connectivity index (χ4n) is 1.63. The monoisotopic (exact) mass is 212 g/mol. The van der Waals surface area contributed by atoms with Gasteiger partial charge in [-0.1, -0.05) is 29.8 Å². The summed E-state index contributed by atoms with van der Waals surface area (Å²) in [6.07, 6.45) is 4.71. The fourth-order valence-corrected chi connectivity index (χ4v) is 1.63. The number of rotatable bonds is 4. The van der Waals surface area contributed by atoms with Crippen molar-refractivity contribution in [2.75, 3.05) is 6.54 Å². The summed E-state index contributed by atoms with van der Waals surface area (Å²) in [5.74, 6) is 0. The fraction of sp³-hybridized carbons (Fsp3) is 0.357. The molecule has 2 rings (SSSR count). The summed E-state index contributed by atoms with van der Waals surface area (Å²) in [4.78, 5) is 0. The van der Waals surface area contributed by atoms with Crippen LogP contribution in [-0.2, 0) is 0 Å². The molecule has 0 aromatic heterocycles. The van der Waals surface area contributed by atoms with Gasteiger partial charge >= 0.3 is 0 Å². The molecule has 0 atom stereocenters. The Balaban J connectivity index is 2.05. The van der Waals surface area contributed by atoms with Crippen molar-refractivity contribution in [3.63, 3.8) is 0 Å². The maximum atomic E-state index is 8.96. The maximum Gasteiger partial charge on any atom is 0.0997 e. The van der Waals surface area contributed by atoms with E-state index >= 15 is 0 Å². The van der Waals surface area contributed by atoms with Gasteiger partial charge in [0.2, 0.25) is 0 Å². The van der Waals surface area contributed by atoms with E-state index in [4.69, 9.17) is 5.26 Å². The largest absolute Gasteiger partial charge is 0.310 e. The van der Waals surface area contributed by atoms with Crippen LogP contribution in [0.25, 0.3) is 6.08 Å². The standard InChI is InChI=1S/C14H16N2/c1-11(10-16-14-6-7-14)8-12-4-2-3-5-13(12)9-15/h2-5,8,14,16H,6-7,10H2,1H3/b11-8-. The SMILES string of the molecule is C/C(=C/c1ccccc1C#N)CNC1CC1. The average Bonchev–Trinajstić information content (AvgIpc) is 3.11. The van der Waals surface area contributed by atoms with Crippen molar-refractivity contribution in [3.05, 3.63) is 41.0 Å². The van der Waals surface area contributed by atoms with Gasteiger partial charge in [-0.25, -0.2) is 0 Å². The van der Waals surface area contributed by atoms with Crippen LogP contribution in [-0.4, -0.2) is 12.6 Å². The Kier molecular flexibility index (Phi) is 3.38. The Hall–Kier alpha value is -1.59. The molecule has 0 heterocycles. The lowest BCUT2D eigenvalue weighted by Crippen LogP contribution is -2.18. The predicted molar refractivity (Wildman–Crippen MR) is 65.8 cm³/mol. The van der Waals surface area contributed by atoms with Gasteiger partial charge in [0.25, 0.3) is 0 Å². The highest BCUT2D eigenvalue weighted by Crippen LogP contribution is 2.19. The normalized spacial score (nSPS) is 15.9. The lowest BCUT2D eigenvalue weighted by atomic mass is 10.1. The second kappa shape index (κ2) is 4.96. The molecule has 0 bridgehead atoms. The molecule has 16 heavy (non-hydrogen) atoms. The Labute approximate surface area is 96.6 Å². The van der Waals surface area contributed by atoms with Gasteiger partial charge in [0, 0.05) is 12.6 Å². The molecular formula is C14H16N2. The molecule has 0 aliphatic heterocycles. The van der Waals surface area contributed by atoms with E-state index in [-0.39, 0.29) is 0 Å². The molecule has 1 saturated carbocycles. The highest BCUT2D eigenvalue weighted by molar-refractivity contribution is 5.60. The zero-order valence-electron chi connectivity index (χ0n) is 9.53. The van der Waals surface area contributed by atoms with Crippen molar-refractivity contribution >= 4 is 6.08 Å². The van der Waals surface area contributed by atoms with Crippen LogP contribution in [0.15, 0.2) is 29.8 Å². The molecule has 0 amide bonds. The molecular weight excluding hydrogens is 196 g/mol. The van der Waals surface area contributed by atoms with Gasteiger partial charge in [0.15, 0.2) is 0 Å². The van der Waals surface area contributed by atoms with Crippen LogP contribution in [0.3, 0.4) is 0 Å². The number of hydrogen-bond acceptors (Lipinski definition) is 2. The molecule has 1 aliphatic carbocycles. The van der Waals surface area contributed by atoms with E-state index < -0.39 is 0 Å². The Morgan fingerprint density at radius 3 is 2.94 bits per heavy atom. The number of benzene rings is 1. The third-order valence-corrected chi connectivity index (χ3v) is 2.73.